The lowest BCUT2D eigenvalue weighted by Crippen LogP contribution is -2.11. The number of aromatic nitrogens is 2. The number of halogens is 2. The van der Waals surface area contributed by atoms with Crippen LogP contribution in [0.3, 0.4) is 0 Å². The minimum Gasteiger partial charge on any atom is -0.305 e. The van der Waals surface area contributed by atoms with E-state index in [9.17, 15) is 4.79 Å². The lowest BCUT2D eigenvalue weighted by molar-refractivity contribution is 1.12. The maximum absolute atomic E-state index is 11.6. The fourth-order valence-corrected chi connectivity index (χ4v) is 2.25. The Labute approximate surface area is 118 Å². The first kappa shape index (κ1) is 12.2. The van der Waals surface area contributed by atoms with Gasteiger partial charge in [0.25, 0.3) is 0 Å². The van der Waals surface area contributed by atoms with Gasteiger partial charge in [-0.3, -0.25) is 0 Å². The third kappa shape index (κ3) is 2.35. The van der Waals surface area contributed by atoms with Crippen molar-refractivity contribution in [2.75, 3.05) is 0 Å². The molecule has 2 aromatic carbocycles. The SMILES string of the molecule is O=c1nc(-c2ccc(Cl)cc2)c2cc(Cl)ccc2[nH]1. The Kier molecular flexibility index (Phi) is 3.01. The molecule has 19 heavy (non-hydrogen) atoms. The van der Waals surface area contributed by atoms with Crippen molar-refractivity contribution in [3.63, 3.8) is 0 Å². The molecule has 3 rings (SSSR count). The van der Waals surface area contributed by atoms with E-state index in [0.29, 0.717) is 21.3 Å². The van der Waals surface area contributed by atoms with Gasteiger partial charge in [-0.2, -0.15) is 4.98 Å². The second-order valence-electron chi connectivity index (χ2n) is 4.09. The summed E-state index contributed by atoms with van der Waals surface area (Å²) in [6, 6.07) is 12.4. The van der Waals surface area contributed by atoms with Gasteiger partial charge in [0.15, 0.2) is 0 Å². The van der Waals surface area contributed by atoms with Crippen molar-refractivity contribution in [3.05, 3.63) is 63.0 Å². The molecule has 1 N–H and O–H groups in total. The van der Waals surface area contributed by atoms with Crippen LogP contribution >= 0.6 is 23.2 Å². The molecule has 0 amide bonds. The molecule has 1 aromatic heterocycles. The molecular weight excluding hydrogens is 283 g/mol. The number of rotatable bonds is 1. The Balaban J connectivity index is 2.35. The highest BCUT2D eigenvalue weighted by Gasteiger charge is 2.08. The molecule has 0 saturated carbocycles. The molecule has 3 aromatic rings. The summed E-state index contributed by atoms with van der Waals surface area (Å²) in [4.78, 5) is 18.3. The van der Waals surface area contributed by atoms with Crippen molar-refractivity contribution in [2.45, 2.75) is 0 Å². The molecule has 94 valence electrons. The van der Waals surface area contributed by atoms with Gasteiger partial charge in [0.2, 0.25) is 0 Å². The van der Waals surface area contributed by atoms with E-state index in [0.717, 1.165) is 10.9 Å². The van der Waals surface area contributed by atoms with Crippen LogP contribution in [-0.4, -0.2) is 9.97 Å². The fraction of sp³-hybridized carbons (Fsp3) is 0. The predicted octanol–water partition coefficient (Wildman–Crippen LogP) is 3.90. The first-order valence-electron chi connectivity index (χ1n) is 5.59. The van der Waals surface area contributed by atoms with Crippen LogP contribution in [0.15, 0.2) is 47.3 Å². The second-order valence-corrected chi connectivity index (χ2v) is 4.96. The number of nitrogens with one attached hydrogen (secondary N) is 1. The minimum absolute atomic E-state index is 0.389. The largest absolute Gasteiger partial charge is 0.345 e. The van der Waals surface area contributed by atoms with Crippen LogP contribution in [0.25, 0.3) is 22.2 Å². The zero-order valence-corrected chi connectivity index (χ0v) is 11.2. The minimum atomic E-state index is -0.389. The van der Waals surface area contributed by atoms with Gasteiger partial charge in [-0.15, -0.1) is 0 Å². The summed E-state index contributed by atoms with van der Waals surface area (Å²) in [6.45, 7) is 0. The molecular formula is C14H8Cl2N2O. The van der Waals surface area contributed by atoms with Crippen LogP contribution in [0, 0.1) is 0 Å². The molecule has 0 unspecified atom stereocenters. The van der Waals surface area contributed by atoms with Crippen molar-refractivity contribution in [1.29, 1.82) is 0 Å². The van der Waals surface area contributed by atoms with Gasteiger partial charge in [-0.05, 0) is 30.3 Å². The second kappa shape index (κ2) is 4.68. The summed E-state index contributed by atoms with van der Waals surface area (Å²) >= 11 is 11.9. The molecule has 1 heterocycles. The summed E-state index contributed by atoms with van der Waals surface area (Å²) in [5.74, 6) is 0. The Bertz CT molecular complexity index is 810. The van der Waals surface area contributed by atoms with Crippen LogP contribution in [-0.2, 0) is 0 Å². The van der Waals surface area contributed by atoms with Gasteiger partial charge in [0.1, 0.15) is 0 Å². The van der Waals surface area contributed by atoms with E-state index >= 15 is 0 Å². The summed E-state index contributed by atoms with van der Waals surface area (Å²) in [5.41, 5.74) is 1.73. The monoisotopic (exact) mass is 290 g/mol. The van der Waals surface area contributed by atoms with Crippen LogP contribution in [0.4, 0.5) is 0 Å². The molecule has 5 heteroatoms. The Morgan fingerprint density at radius 3 is 2.37 bits per heavy atom. The number of hydrogen-bond donors (Lipinski definition) is 1. The Hall–Kier alpha value is -1.84. The normalized spacial score (nSPS) is 10.8. The van der Waals surface area contributed by atoms with E-state index in [1.807, 2.05) is 12.1 Å². The lowest BCUT2D eigenvalue weighted by Gasteiger charge is -2.06. The molecule has 0 aliphatic rings. The first-order valence-corrected chi connectivity index (χ1v) is 6.34. The van der Waals surface area contributed by atoms with Gasteiger partial charge in [0, 0.05) is 21.0 Å². The Morgan fingerprint density at radius 1 is 0.947 bits per heavy atom. The first-order chi connectivity index (χ1) is 9.13. The van der Waals surface area contributed by atoms with Crippen molar-refractivity contribution in [2.24, 2.45) is 0 Å². The zero-order chi connectivity index (χ0) is 13.4. The average Bonchev–Trinajstić information content (AvgIpc) is 2.39. The molecule has 0 aliphatic carbocycles. The third-order valence-electron chi connectivity index (χ3n) is 2.81. The van der Waals surface area contributed by atoms with Gasteiger partial charge in [-0.25, -0.2) is 4.79 Å². The molecule has 0 saturated heterocycles. The molecule has 0 atom stereocenters. The van der Waals surface area contributed by atoms with Gasteiger partial charge < -0.3 is 4.98 Å². The number of H-pyrrole nitrogens is 1. The highest BCUT2D eigenvalue weighted by Crippen LogP contribution is 2.27. The molecule has 0 radical (unpaired) electrons. The van der Waals surface area contributed by atoms with Crippen molar-refractivity contribution in [1.82, 2.24) is 9.97 Å². The number of benzene rings is 2. The average molecular weight is 291 g/mol. The number of nitrogens with zero attached hydrogens (tertiary/aromatic N) is 1. The highest BCUT2D eigenvalue weighted by molar-refractivity contribution is 6.31. The summed E-state index contributed by atoms with van der Waals surface area (Å²) in [7, 11) is 0. The van der Waals surface area contributed by atoms with Crippen LogP contribution in [0.5, 0.6) is 0 Å². The highest BCUT2D eigenvalue weighted by atomic mass is 35.5. The summed E-state index contributed by atoms with van der Waals surface area (Å²) < 4.78 is 0. The molecule has 0 spiro atoms. The third-order valence-corrected chi connectivity index (χ3v) is 3.30. The Morgan fingerprint density at radius 2 is 1.63 bits per heavy atom. The van der Waals surface area contributed by atoms with E-state index in [2.05, 4.69) is 9.97 Å². The van der Waals surface area contributed by atoms with Gasteiger partial charge in [0.05, 0.1) is 11.2 Å². The smallest absolute Gasteiger partial charge is 0.305 e. The summed E-state index contributed by atoms with van der Waals surface area (Å²) in [6.07, 6.45) is 0. The number of hydrogen-bond acceptors (Lipinski definition) is 2. The van der Waals surface area contributed by atoms with E-state index in [-0.39, 0.29) is 5.69 Å². The maximum atomic E-state index is 11.6. The van der Waals surface area contributed by atoms with Crippen LogP contribution < -0.4 is 5.69 Å². The molecule has 0 fully saturated rings. The van der Waals surface area contributed by atoms with Gasteiger partial charge in [-0.1, -0.05) is 35.3 Å². The molecule has 3 nitrogen and oxygen atoms in total. The maximum Gasteiger partial charge on any atom is 0.345 e. The van der Waals surface area contributed by atoms with E-state index < -0.39 is 0 Å². The fourth-order valence-electron chi connectivity index (χ4n) is 1.95. The topological polar surface area (TPSA) is 45.8 Å². The van der Waals surface area contributed by atoms with Crippen LogP contribution in [0.2, 0.25) is 10.0 Å². The standard InChI is InChI=1S/C14H8Cl2N2O/c15-9-3-1-8(2-4-9)13-11-7-10(16)5-6-12(11)17-14(19)18-13/h1-7H,(H,17,18,19). The van der Waals surface area contributed by atoms with E-state index in [1.165, 1.54) is 0 Å². The van der Waals surface area contributed by atoms with E-state index in [4.69, 9.17) is 23.2 Å². The zero-order valence-electron chi connectivity index (χ0n) is 9.65. The lowest BCUT2D eigenvalue weighted by atomic mass is 10.1. The number of fused-ring (bicyclic) bond motifs is 1. The summed E-state index contributed by atoms with van der Waals surface area (Å²) in [5, 5.41) is 2.03. The van der Waals surface area contributed by atoms with Crippen LogP contribution in [0.1, 0.15) is 0 Å². The van der Waals surface area contributed by atoms with Crippen molar-refractivity contribution >= 4 is 34.1 Å². The van der Waals surface area contributed by atoms with E-state index in [1.54, 1.807) is 30.3 Å². The number of aromatic amines is 1. The van der Waals surface area contributed by atoms with Crippen molar-refractivity contribution < 1.29 is 0 Å². The molecule has 0 bridgehead atoms. The van der Waals surface area contributed by atoms with Gasteiger partial charge >= 0.3 is 5.69 Å². The van der Waals surface area contributed by atoms with Crippen molar-refractivity contribution in [3.8, 4) is 11.3 Å². The molecule has 0 aliphatic heterocycles. The predicted molar refractivity (Wildman–Crippen MR) is 77.8 cm³/mol. The quantitative estimate of drug-likeness (QED) is 0.739.